The molecule has 0 aromatic carbocycles. The lowest BCUT2D eigenvalue weighted by Crippen LogP contribution is -2.03. The quantitative estimate of drug-likeness (QED) is 0.628. The standard InChI is InChI=1S/C11H12N4O3S/c1-3-4-15-9-8(10(18-2)13-6-12-9)14-11(15)19-5-7(16)17/h3,6H,1,4-5H2,2H3,(H,16,17). The molecule has 2 aromatic heterocycles. The third-order valence-corrected chi connectivity index (χ3v) is 3.25. The van der Waals surface area contributed by atoms with Gasteiger partial charge in [-0.1, -0.05) is 17.8 Å². The van der Waals surface area contributed by atoms with Crippen molar-refractivity contribution in [3.63, 3.8) is 0 Å². The van der Waals surface area contributed by atoms with Crippen molar-refractivity contribution in [1.29, 1.82) is 0 Å². The normalized spacial score (nSPS) is 10.6. The highest BCUT2D eigenvalue weighted by Crippen LogP contribution is 2.26. The first-order valence-electron chi connectivity index (χ1n) is 5.38. The minimum absolute atomic E-state index is 0.0732. The van der Waals surface area contributed by atoms with E-state index in [1.807, 2.05) is 0 Å². The third-order valence-electron chi connectivity index (χ3n) is 2.29. The fourth-order valence-electron chi connectivity index (χ4n) is 1.58. The number of fused-ring (bicyclic) bond motifs is 1. The highest BCUT2D eigenvalue weighted by molar-refractivity contribution is 7.99. The molecular formula is C11H12N4O3S. The summed E-state index contributed by atoms with van der Waals surface area (Å²) in [6, 6.07) is 0. The molecule has 0 unspecified atom stereocenters. The van der Waals surface area contributed by atoms with Crippen molar-refractivity contribution in [3.8, 4) is 5.88 Å². The summed E-state index contributed by atoms with van der Waals surface area (Å²) >= 11 is 1.12. The van der Waals surface area contributed by atoms with Crippen LogP contribution in [0, 0.1) is 0 Å². The number of aliphatic carboxylic acids is 1. The maximum absolute atomic E-state index is 10.6. The van der Waals surface area contributed by atoms with Crippen LogP contribution in [0.3, 0.4) is 0 Å². The summed E-state index contributed by atoms with van der Waals surface area (Å²) in [5.74, 6) is -0.610. The zero-order valence-corrected chi connectivity index (χ0v) is 11.1. The minimum atomic E-state index is -0.903. The third kappa shape index (κ3) is 2.68. The molecule has 7 nitrogen and oxygen atoms in total. The largest absolute Gasteiger partial charge is 0.481 e. The fraction of sp³-hybridized carbons (Fsp3) is 0.273. The van der Waals surface area contributed by atoms with E-state index >= 15 is 0 Å². The molecule has 19 heavy (non-hydrogen) atoms. The van der Waals surface area contributed by atoms with Gasteiger partial charge in [-0.25, -0.2) is 9.97 Å². The zero-order valence-electron chi connectivity index (χ0n) is 10.2. The van der Waals surface area contributed by atoms with E-state index in [4.69, 9.17) is 9.84 Å². The van der Waals surface area contributed by atoms with Crippen molar-refractivity contribution >= 4 is 28.9 Å². The van der Waals surface area contributed by atoms with Crippen LogP contribution in [-0.4, -0.2) is 43.5 Å². The molecule has 0 aliphatic carbocycles. The van der Waals surface area contributed by atoms with Crippen molar-refractivity contribution in [3.05, 3.63) is 19.0 Å². The molecule has 100 valence electrons. The van der Waals surface area contributed by atoms with E-state index in [0.717, 1.165) is 11.8 Å². The summed E-state index contributed by atoms with van der Waals surface area (Å²) in [5.41, 5.74) is 1.11. The highest BCUT2D eigenvalue weighted by Gasteiger charge is 2.16. The van der Waals surface area contributed by atoms with Crippen LogP contribution in [0.2, 0.25) is 0 Å². The number of hydrogen-bond acceptors (Lipinski definition) is 6. The van der Waals surface area contributed by atoms with Gasteiger partial charge in [-0.3, -0.25) is 9.36 Å². The number of thioether (sulfide) groups is 1. The van der Waals surface area contributed by atoms with Crippen molar-refractivity contribution in [2.45, 2.75) is 11.7 Å². The average molecular weight is 280 g/mol. The number of carbonyl (C=O) groups is 1. The van der Waals surface area contributed by atoms with E-state index in [2.05, 4.69) is 21.5 Å². The molecule has 0 aliphatic heterocycles. The molecule has 0 saturated carbocycles. The van der Waals surface area contributed by atoms with Gasteiger partial charge in [0.15, 0.2) is 16.3 Å². The SMILES string of the molecule is C=CCn1c(SCC(=O)O)nc2c(OC)ncnc21. The number of imidazole rings is 1. The summed E-state index contributed by atoms with van der Waals surface area (Å²) in [4.78, 5) is 23.1. The number of rotatable bonds is 6. The van der Waals surface area contributed by atoms with Gasteiger partial charge in [0.2, 0.25) is 5.88 Å². The molecule has 2 heterocycles. The zero-order chi connectivity index (χ0) is 13.8. The Bertz CT molecular complexity index is 626. The lowest BCUT2D eigenvalue weighted by Gasteiger charge is -2.03. The monoisotopic (exact) mass is 280 g/mol. The molecule has 0 amide bonds. The van der Waals surface area contributed by atoms with Gasteiger partial charge in [-0.05, 0) is 0 Å². The van der Waals surface area contributed by atoms with Crippen LogP contribution < -0.4 is 4.74 Å². The molecule has 0 saturated heterocycles. The lowest BCUT2D eigenvalue weighted by molar-refractivity contribution is -0.133. The van der Waals surface area contributed by atoms with Gasteiger partial charge in [0.05, 0.1) is 12.9 Å². The smallest absolute Gasteiger partial charge is 0.313 e. The number of allylic oxidation sites excluding steroid dienone is 1. The van der Waals surface area contributed by atoms with Crippen molar-refractivity contribution in [2.24, 2.45) is 0 Å². The number of ether oxygens (including phenoxy) is 1. The topological polar surface area (TPSA) is 90.1 Å². The van der Waals surface area contributed by atoms with Crippen LogP contribution in [0.15, 0.2) is 24.1 Å². The van der Waals surface area contributed by atoms with Crippen LogP contribution in [0.1, 0.15) is 0 Å². The van der Waals surface area contributed by atoms with Crippen molar-refractivity contribution in [2.75, 3.05) is 12.9 Å². The molecule has 0 fully saturated rings. The van der Waals surface area contributed by atoms with Gasteiger partial charge < -0.3 is 9.84 Å². The van der Waals surface area contributed by atoms with Crippen LogP contribution in [0.25, 0.3) is 11.2 Å². The van der Waals surface area contributed by atoms with Crippen LogP contribution in [-0.2, 0) is 11.3 Å². The van der Waals surface area contributed by atoms with Gasteiger partial charge in [0, 0.05) is 6.54 Å². The lowest BCUT2D eigenvalue weighted by atomic mass is 10.5. The molecule has 0 atom stereocenters. The first-order chi connectivity index (χ1) is 9.17. The summed E-state index contributed by atoms with van der Waals surface area (Å²) in [6.45, 7) is 4.16. The molecule has 1 N–H and O–H groups in total. The molecule has 2 aromatic rings. The second-order valence-electron chi connectivity index (χ2n) is 3.53. The molecule has 2 rings (SSSR count). The predicted molar refractivity (Wildman–Crippen MR) is 70.4 cm³/mol. The highest BCUT2D eigenvalue weighted by atomic mass is 32.2. The summed E-state index contributed by atoms with van der Waals surface area (Å²) < 4.78 is 6.90. The van der Waals surface area contributed by atoms with E-state index in [1.165, 1.54) is 13.4 Å². The maximum Gasteiger partial charge on any atom is 0.313 e. The Hall–Kier alpha value is -2.09. The first kappa shape index (κ1) is 13.3. The van der Waals surface area contributed by atoms with Gasteiger partial charge >= 0.3 is 5.97 Å². The average Bonchev–Trinajstić information content (AvgIpc) is 2.75. The van der Waals surface area contributed by atoms with Crippen molar-refractivity contribution < 1.29 is 14.6 Å². The van der Waals surface area contributed by atoms with Gasteiger partial charge in [-0.2, -0.15) is 4.98 Å². The molecule has 0 bridgehead atoms. The molecule has 8 heteroatoms. The van der Waals surface area contributed by atoms with E-state index in [1.54, 1.807) is 10.6 Å². The van der Waals surface area contributed by atoms with E-state index < -0.39 is 5.97 Å². The number of carboxylic acids is 1. The second-order valence-corrected chi connectivity index (χ2v) is 4.47. The Balaban J connectivity index is 2.52. The number of nitrogens with zero attached hydrogens (tertiary/aromatic N) is 4. The van der Waals surface area contributed by atoms with Gasteiger partial charge in [0.1, 0.15) is 6.33 Å². The van der Waals surface area contributed by atoms with Gasteiger partial charge in [-0.15, -0.1) is 6.58 Å². The van der Waals surface area contributed by atoms with Crippen LogP contribution in [0.4, 0.5) is 0 Å². The molecular weight excluding hydrogens is 268 g/mol. The van der Waals surface area contributed by atoms with E-state index in [9.17, 15) is 4.79 Å². The summed E-state index contributed by atoms with van der Waals surface area (Å²) in [7, 11) is 1.50. The summed E-state index contributed by atoms with van der Waals surface area (Å²) in [6.07, 6.45) is 3.08. The number of carboxylic acid groups (broad SMARTS) is 1. The fourth-order valence-corrected chi connectivity index (χ4v) is 2.30. The Morgan fingerprint density at radius 1 is 1.63 bits per heavy atom. The first-order valence-corrected chi connectivity index (χ1v) is 6.36. The van der Waals surface area contributed by atoms with E-state index in [0.29, 0.717) is 28.7 Å². The number of aromatic nitrogens is 4. The second kappa shape index (κ2) is 5.70. The molecule has 0 radical (unpaired) electrons. The number of hydrogen-bond donors (Lipinski definition) is 1. The Kier molecular flexibility index (Phi) is 4.00. The maximum atomic E-state index is 10.6. The van der Waals surface area contributed by atoms with Crippen LogP contribution in [0.5, 0.6) is 5.88 Å². The summed E-state index contributed by atoms with van der Waals surface area (Å²) in [5, 5.41) is 9.29. The Morgan fingerprint density at radius 3 is 3.05 bits per heavy atom. The Morgan fingerprint density at radius 2 is 2.42 bits per heavy atom. The van der Waals surface area contributed by atoms with Crippen molar-refractivity contribution in [1.82, 2.24) is 19.5 Å². The molecule has 0 aliphatic rings. The van der Waals surface area contributed by atoms with Gasteiger partial charge in [0.25, 0.3) is 0 Å². The Labute approximate surface area is 113 Å². The molecule has 0 spiro atoms. The van der Waals surface area contributed by atoms with E-state index in [-0.39, 0.29) is 5.75 Å². The minimum Gasteiger partial charge on any atom is -0.481 e. The predicted octanol–water partition coefficient (Wildman–Crippen LogP) is 1.20. The van der Waals surface area contributed by atoms with Crippen LogP contribution >= 0.6 is 11.8 Å². The number of methoxy groups -OCH3 is 1.